The summed E-state index contributed by atoms with van der Waals surface area (Å²) in [6.45, 7) is 2.38. The highest BCUT2D eigenvalue weighted by atomic mass is 32.1. The molecular weight excluding hydrogens is 444 g/mol. The highest BCUT2D eigenvalue weighted by Gasteiger charge is 2.30. The zero-order valence-corrected chi connectivity index (χ0v) is 19.0. The van der Waals surface area contributed by atoms with E-state index in [0.717, 1.165) is 15.1 Å². The Balaban J connectivity index is 1.67. The largest absolute Gasteiger partial charge is 0.383 e. The molecule has 0 bridgehead atoms. The minimum atomic E-state index is -0.444. The van der Waals surface area contributed by atoms with E-state index in [0.29, 0.717) is 34.9 Å². The van der Waals surface area contributed by atoms with Crippen molar-refractivity contribution in [2.45, 2.75) is 26.3 Å². The molecule has 0 saturated carbocycles. The number of ether oxygens (including phenoxy) is 1. The van der Waals surface area contributed by atoms with E-state index < -0.39 is 5.91 Å². The zero-order valence-electron chi connectivity index (χ0n) is 18.2. The molecule has 4 amide bonds. The first-order chi connectivity index (χ1) is 15.9. The number of rotatable bonds is 6. The van der Waals surface area contributed by atoms with Gasteiger partial charge in [-0.3, -0.25) is 24.1 Å². The Kier molecular flexibility index (Phi) is 6.47. The fourth-order valence-electron chi connectivity index (χ4n) is 3.61. The van der Waals surface area contributed by atoms with Crippen molar-refractivity contribution in [3.05, 3.63) is 52.8 Å². The molecule has 3 aromatic rings. The fourth-order valence-corrected chi connectivity index (χ4v) is 4.70. The number of carbonyl (C=O) groups is 4. The normalized spacial score (nSPS) is 14.4. The molecule has 170 valence electrons. The lowest BCUT2D eigenvalue weighted by molar-refractivity contribution is -0.121. The Bertz CT molecular complexity index is 1310. The molecule has 1 saturated heterocycles. The van der Waals surface area contributed by atoms with Crippen molar-refractivity contribution in [2.24, 2.45) is 4.99 Å². The van der Waals surface area contributed by atoms with Crippen molar-refractivity contribution < 1.29 is 23.9 Å². The second kappa shape index (κ2) is 9.47. The molecule has 1 N–H and O–H groups in total. The number of thiazole rings is 1. The summed E-state index contributed by atoms with van der Waals surface area (Å²) in [5, 5.41) is 2.75. The summed E-state index contributed by atoms with van der Waals surface area (Å²) < 4.78 is 7.97. The molecule has 10 heteroatoms. The highest BCUT2D eigenvalue weighted by molar-refractivity contribution is 7.16. The standard InChI is InChI=1S/C23H22N4O5S/c1-14(28)24-16-5-8-18-19(13-16)33-23(26(18)11-12-32-2)25-22(31)15-3-6-17(7-4-15)27-20(29)9-10-21(27)30/h3-8,13H,9-12H2,1-2H3,(H,24,28). The van der Waals surface area contributed by atoms with Gasteiger partial charge in [0.1, 0.15) is 0 Å². The van der Waals surface area contributed by atoms with Crippen molar-refractivity contribution in [3.63, 3.8) is 0 Å². The second-order valence-electron chi connectivity index (χ2n) is 7.48. The molecular formula is C23H22N4O5S. The molecule has 0 aliphatic carbocycles. The Hall–Kier alpha value is -3.63. The van der Waals surface area contributed by atoms with Gasteiger partial charge in [-0.05, 0) is 42.5 Å². The molecule has 4 rings (SSSR count). The highest BCUT2D eigenvalue weighted by Crippen LogP contribution is 2.24. The van der Waals surface area contributed by atoms with Crippen LogP contribution in [0.25, 0.3) is 10.2 Å². The van der Waals surface area contributed by atoms with E-state index in [1.165, 1.54) is 18.3 Å². The van der Waals surface area contributed by atoms with E-state index >= 15 is 0 Å². The average molecular weight is 467 g/mol. The molecule has 2 heterocycles. The maximum atomic E-state index is 12.9. The van der Waals surface area contributed by atoms with Gasteiger partial charge < -0.3 is 14.6 Å². The summed E-state index contributed by atoms with van der Waals surface area (Å²) in [6.07, 6.45) is 0.401. The second-order valence-corrected chi connectivity index (χ2v) is 8.49. The third kappa shape index (κ3) is 4.76. The van der Waals surface area contributed by atoms with E-state index in [2.05, 4.69) is 10.3 Å². The molecule has 1 aliphatic heterocycles. The van der Waals surface area contributed by atoms with E-state index in [4.69, 9.17) is 4.74 Å². The maximum Gasteiger partial charge on any atom is 0.279 e. The van der Waals surface area contributed by atoms with Gasteiger partial charge >= 0.3 is 0 Å². The van der Waals surface area contributed by atoms with Crippen molar-refractivity contribution >= 4 is 56.6 Å². The van der Waals surface area contributed by atoms with Crippen LogP contribution in [0.3, 0.4) is 0 Å². The number of benzene rings is 2. The summed E-state index contributed by atoms with van der Waals surface area (Å²) in [4.78, 5) is 54.1. The van der Waals surface area contributed by atoms with Gasteiger partial charge in [-0.2, -0.15) is 4.99 Å². The van der Waals surface area contributed by atoms with E-state index in [1.807, 2.05) is 16.7 Å². The predicted molar refractivity (Wildman–Crippen MR) is 124 cm³/mol. The lowest BCUT2D eigenvalue weighted by Gasteiger charge is -2.13. The summed E-state index contributed by atoms with van der Waals surface area (Å²) in [5.41, 5.74) is 2.32. The van der Waals surface area contributed by atoms with Crippen LogP contribution in [0.4, 0.5) is 11.4 Å². The van der Waals surface area contributed by atoms with E-state index in [-0.39, 0.29) is 30.6 Å². The van der Waals surface area contributed by atoms with Crippen LogP contribution in [0, 0.1) is 0 Å². The van der Waals surface area contributed by atoms with Crippen LogP contribution in [-0.4, -0.2) is 41.9 Å². The number of hydrogen-bond acceptors (Lipinski definition) is 6. The van der Waals surface area contributed by atoms with Gasteiger partial charge in [0.05, 0.1) is 22.5 Å². The van der Waals surface area contributed by atoms with Crippen LogP contribution in [0.2, 0.25) is 0 Å². The predicted octanol–water partition coefficient (Wildman–Crippen LogP) is 2.70. The average Bonchev–Trinajstić information content (AvgIpc) is 3.30. The van der Waals surface area contributed by atoms with Gasteiger partial charge in [0.15, 0.2) is 4.80 Å². The lowest BCUT2D eigenvalue weighted by Crippen LogP contribution is -2.28. The van der Waals surface area contributed by atoms with Gasteiger partial charge in [-0.25, -0.2) is 0 Å². The first-order valence-corrected chi connectivity index (χ1v) is 11.1. The SMILES string of the molecule is COCCn1c(=NC(=O)c2ccc(N3C(=O)CCC3=O)cc2)sc2cc(NC(C)=O)ccc21. The van der Waals surface area contributed by atoms with Crippen LogP contribution in [-0.2, 0) is 25.7 Å². The van der Waals surface area contributed by atoms with Crippen LogP contribution in [0.5, 0.6) is 0 Å². The minimum Gasteiger partial charge on any atom is -0.383 e. The molecule has 2 aromatic carbocycles. The molecule has 1 aliphatic rings. The van der Waals surface area contributed by atoms with Crippen LogP contribution in [0.15, 0.2) is 47.5 Å². The molecule has 0 unspecified atom stereocenters. The van der Waals surface area contributed by atoms with Crippen LogP contribution < -0.4 is 15.0 Å². The fraction of sp³-hybridized carbons (Fsp3) is 0.261. The third-order valence-electron chi connectivity index (χ3n) is 5.14. The first kappa shape index (κ1) is 22.6. The number of imide groups is 1. The number of nitrogens with zero attached hydrogens (tertiary/aromatic N) is 3. The van der Waals surface area contributed by atoms with E-state index in [1.54, 1.807) is 37.4 Å². The molecule has 33 heavy (non-hydrogen) atoms. The number of fused-ring (bicyclic) bond motifs is 1. The summed E-state index contributed by atoms with van der Waals surface area (Å²) in [7, 11) is 1.60. The summed E-state index contributed by atoms with van der Waals surface area (Å²) in [5.74, 6) is -1.10. The van der Waals surface area contributed by atoms with Crippen LogP contribution in [0.1, 0.15) is 30.1 Å². The van der Waals surface area contributed by atoms with E-state index in [9.17, 15) is 19.2 Å². The Morgan fingerprint density at radius 2 is 1.79 bits per heavy atom. The molecule has 1 aromatic heterocycles. The zero-order chi connectivity index (χ0) is 23.5. The smallest absolute Gasteiger partial charge is 0.279 e. The van der Waals surface area contributed by atoms with Gasteiger partial charge in [0.25, 0.3) is 5.91 Å². The Morgan fingerprint density at radius 1 is 1.09 bits per heavy atom. The Morgan fingerprint density at radius 3 is 2.42 bits per heavy atom. The van der Waals surface area contributed by atoms with Crippen molar-refractivity contribution in [1.29, 1.82) is 0 Å². The Labute approximate surface area is 193 Å². The number of carbonyl (C=O) groups excluding carboxylic acids is 4. The lowest BCUT2D eigenvalue weighted by atomic mass is 10.2. The number of amides is 4. The number of anilines is 2. The first-order valence-electron chi connectivity index (χ1n) is 10.3. The van der Waals surface area contributed by atoms with Crippen molar-refractivity contribution in [2.75, 3.05) is 23.9 Å². The van der Waals surface area contributed by atoms with Gasteiger partial charge in [-0.15, -0.1) is 0 Å². The summed E-state index contributed by atoms with van der Waals surface area (Å²) >= 11 is 1.33. The molecule has 0 spiro atoms. The monoisotopic (exact) mass is 466 g/mol. The van der Waals surface area contributed by atoms with Gasteiger partial charge in [0.2, 0.25) is 17.7 Å². The van der Waals surface area contributed by atoms with Crippen molar-refractivity contribution in [3.8, 4) is 0 Å². The number of nitrogens with one attached hydrogen (secondary N) is 1. The molecule has 9 nitrogen and oxygen atoms in total. The topological polar surface area (TPSA) is 110 Å². The number of hydrogen-bond donors (Lipinski definition) is 1. The molecule has 0 atom stereocenters. The molecule has 1 fully saturated rings. The summed E-state index contributed by atoms with van der Waals surface area (Å²) in [6, 6.07) is 11.8. The van der Waals surface area contributed by atoms with Crippen LogP contribution >= 0.6 is 11.3 Å². The van der Waals surface area contributed by atoms with Gasteiger partial charge in [0, 0.05) is 44.7 Å². The van der Waals surface area contributed by atoms with Gasteiger partial charge in [-0.1, -0.05) is 11.3 Å². The minimum absolute atomic E-state index is 0.168. The maximum absolute atomic E-state index is 12.9. The third-order valence-corrected chi connectivity index (χ3v) is 6.18. The quantitative estimate of drug-likeness (QED) is 0.562. The number of aromatic nitrogens is 1. The molecule has 0 radical (unpaired) electrons. The van der Waals surface area contributed by atoms with Crippen molar-refractivity contribution in [1.82, 2.24) is 4.57 Å². The number of methoxy groups -OCH3 is 1.